The number of carbonyl (C=O) groups is 6. The Morgan fingerprint density at radius 1 is 0.295 bits per heavy atom. The van der Waals surface area contributed by atoms with Crippen molar-refractivity contribution in [2.24, 2.45) is 0 Å². The van der Waals surface area contributed by atoms with Crippen molar-refractivity contribution in [1.82, 2.24) is 0 Å². The number of aryl methyl sites for hydroxylation is 9. The molecule has 0 radical (unpaired) electrons. The van der Waals surface area contributed by atoms with Crippen LogP contribution < -0.4 is 0 Å². The average Bonchev–Trinajstić information content (AvgIpc) is 3.22. The minimum atomic E-state index is -4.65. The molecule has 0 aromatic heterocycles. The molecule has 8 heteroatoms. The molecule has 0 amide bonds. The van der Waals surface area contributed by atoms with E-state index < -0.39 is 26.5 Å². The van der Waals surface area contributed by atoms with E-state index >= 15 is 0 Å². The first kappa shape index (κ1) is 46.5. The van der Waals surface area contributed by atoms with E-state index in [9.17, 15) is 28.8 Å². The molecule has 0 fully saturated rings. The summed E-state index contributed by atoms with van der Waals surface area (Å²) in [5, 5.41) is 0. The fraction of sp³-hybridized carbons (Fsp3) is 0.208. The van der Waals surface area contributed by atoms with Crippen LogP contribution in [0.2, 0.25) is 11.5 Å². The normalized spacial score (nSPS) is 11.3. The van der Waals surface area contributed by atoms with Crippen LogP contribution in [0.15, 0.2) is 127 Å². The summed E-state index contributed by atoms with van der Waals surface area (Å²) < 4.78 is -1.70. The van der Waals surface area contributed by atoms with Crippen LogP contribution in [0.4, 0.5) is 0 Å². The molecule has 0 heterocycles. The molecule has 61 heavy (non-hydrogen) atoms. The van der Waals surface area contributed by atoms with Gasteiger partial charge in [0.25, 0.3) is 0 Å². The summed E-state index contributed by atoms with van der Waals surface area (Å²) >= 11 is -9.01. The van der Waals surface area contributed by atoms with Gasteiger partial charge in [-0.05, 0) is 0 Å². The van der Waals surface area contributed by atoms with E-state index in [4.69, 9.17) is 0 Å². The zero-order valence-corrected chi connectivity index (χ0v) is 41.3. The van der Waals surface area contributed by atoms with Gasteiger partial charge in [-0.3, -0.25) is 0 Å². The molecule has 6 aromatic carbocycles. The summed E-state index contributed by atoms with van der Waals surface area (Å²) in [7, 11) is 0. The van der Waals surface area contributed by atoms with Crippen LogP contribution in [0.1, 0.15) is 112 Å². The third kappa shape index (κ3) is 9.36. The van der Waals surface area contributed by atoms with Crippen molar-refractivity contribution < 1.29 is 28.8 Å². The van der Waals surface area contributed by atoms with Gasteiger partial charge in [0.1, 0.15) is 0 Å². The first-order valence-electron chi connectivity index (χ1n) is 20.4. The summed E-state index contributed by atoms with van der Waals surface area (Å²) in [6, 6.07) is 37.7. The maximum atomic E-state index is 14.5. The first-order valence-corrected chi connectivity index (χ1v) is 30.9. The van der Waals surface area contributed by atoms with Gasteiger partial charge in [-0.2, -0.15) is 0 Å². The summed E-state index contributed by atoms with van der Waals surface area (Å²) in [6.07, 6.45) is 0. The Labute approximate surface area is 365 Å². The van der Waals surface area contributed by atoms with E-state index in [1.54, 1.807) is 103 Å². The Hall–Kier alpha value is -5.57. The third-order valence-electron chi connectivity index (χ3n) is 11.5. The van der Waals surface area contributed by atoms with Gasteiger partial charge >= 0.3 is 368 Å². The van der Waals surface area contributed by atoms with Gasteiger partial charge in [-0.1, -0.05) is 0 Å². The molecular formula is C53H54Ge2O6. The van der Waals surface area contributed by atoms with Crippen molar-refractivity contribution in [3.63, 3.8) is 0 Å². The Kier molecular flexibility index (Phi) is 14.5. The second kappa shape index (κ2) is 19.0. The molecule has 0 spiro atoms. The van der Waals surface area contributed by atoms with Crippen LogP contribution in [-0.4, -0.2) is 54.2 Å². The molecule has 310 valence electrons. The summed E-state index contributed by atoms with van der Waals surface area (Å²) in [6.45, 7) is 17.4. The summed E-state index contributed by atoms with van der Waals surface area (Å²) in [5.41, 5.74) is 10.9. The van der Waals surface area contributed by atoms with Gasteiger partial charge in [-0.15, -0.1) is 0 Å². The van der Waals surface area contributed by atoms with Crippen LogP contribution in [0.5, 0.6) is 0 Å². The van der Waals surface area contributed by atoms with Crippen molar-refractivity contribution in [2.75, 3.05) is 0 Å². The number of hydrogen-bond acceptors (Lipinski definition) is 6. The van der Waals surface area contributed by atoms with E-state index in [2.05, 4.69) is 0 Å². The molecule has 0 atom stereocenters. The van der Waals surface area contributed by atoms with E-state index in [1.807, 2.05) is 98.7 Å². The molecule has 0 aliphatic heterocycles. The van der Waals surface area contributed by atoms with Crippen molar-refractivity contribution >= 4 is 54.2 Å². The van der Waals surface area contributed by atoms with Crippen LogP contribution in [0.25, 0.3) is 0 Å². The molecule has 0 bridgehead atoms. The van der Waals surface area contributed by atoms with Gasteiger partial charge in [0.2, 0.25) is 0 Å². The van der Waals surface area contributed by atoms with E-state index in [0.29, 0.717) is 33.4 Å². The molecule has 0 aliphatic rings. The number of rotatable bonds is 12. The van der Waals surface area contributed by atoms with Gasteiger partial charge in [0.15, 0.2) is 0 Å². The van der Waals surface area contributed by atoms with Crippen molar-refractivity contribution in [3.05, 3.63) is 211 Å². The van der Waals surface area contributed by atoms with Gasteiger partial charge in [0, 0.05) is 0 Å². The number of carbonyl (C=O) groups excluding carboxylic acids is 6. The molecule has 0 N–H and O–H groups in total. The van der Waals surface area contributed by atoms with Crippen LogP contribution >= 0.6 is 0 Å². The molecule has 6 aromatic rings. The van der Waals surface area contributed by atoms with Gasteiger partial charge in [0.05, 0.1) is 0 Å². The average molecular weight is 932 g/mol. The fourth-order valence-corrected chi connectivity index (χ4v) is 21.5. The molecule has 0 aliphatic carbocycles. The first-order chi connectivity index (χ1) is 28.7. The topological polar surface area (TPSA) is 102 Å². The zero-order valence-electron chi connectivity index (χ0n) is 37.1. The van der Waals surface area contributed by atoms with Crippen LogP contribution in [-0.2, 0) is 0 Å². The van der Waals surface area contributed by atoms with Crippen molar-refractivity contribution in [2.45, 2.75) is 73.8 Å². The van der Waals surface area contributed by atoms with Crippen LogP contribution in [0, 0.1) is 62.3 Å². The Morgan fingerprint density at radius 2 is 0.475 bits per heavy atom. The Bertz CT molecular complexity index is 2340. The van der Waals surface area contributed by atoms with Gasteiger partial charge < -0.3 is 0 Å². The van der Waals surface area contributed by atoms with Crippen molar-refractivity contribution in [1.29, 1.82) is 0 Å². The SMILES string of the molecule is Cc1cc(C)c([C](=O)[Ge]([CH3])([C](=O)c2c(C)cc(C)cc2C)[C](=O)c2c(C)cc(C)cc2C)c(C)c1.[CH3][Ge]([C](=O)c1ccccc1)([C](=O)c1ccccc1)[C](=O)c1ccccc1. The van der Waals surface area contributed by atoms with E-state index in [1.165, 1.54) is 0 Å². The number of hydrogen-bond donors (Lipinski definition) is 0. The molecule has 0 saturated heterocycles. The maximum absolute atomic E-state index is 14.5. The van der Waals surface area contributed by atoms with Gasteiger partial charge in [-0.25, -0.2) is 0 Å². The van der Waals surface area contributed by atoms with Crippen LogP contribution in [0.3, 0.4) is 0 Å². The quantitative estimate of drug-likeness (QED) is 0.113. The predicted molar refractivity (Wildman–Crippen MR) is 251 cm³/mol. The molecule has 6 rings (SSSR count). The summed E-state index contributed by atoms with van der Waals surface area (Å²) in [5.74, 6) is 3.32. The molecule has 6 nitrogen and oxygen atoms in total. The second-order valence-electron chi connectivity index (χ2n) is 16.6. The minimum absolute atomic E-state index is 0.256. The standard InChI is InChI=1S/C31H36GeO3.C22H18GeO3/c1-17-11-20(4)26(21(5)12-17)29(33)32(10,30(34)27-22(6)13-18(2)14-23(27)7)31(35)28-24(8)15-19(3)16-25(28)9;1-23(20(24)17-11-5-2-6-12-17,21(25)18-13-7-3-8-14-18)22(26)19-15-9-4-10-16-19/h11-16H,1-10H3;2-16H,1H3. The van der Waals surface area contributed by atoms with E-state index in [-0.39, 0.29) is 27.7 Å². The monoisotopic (exact) mass is 934 g/mol. The fourth-order valence-electron chi connectivity index (χ4n) is 8.62. The molecule has 0 saturated carbocycles. The molecule has 0 unspecified atom stereocenters. The Morgan fingerprint density at radius 3 is 0.672 bits per heavy atom. The van der Waals surface area contributed by atoms with Crippen molar-refractivity contribution in [3.8, 4) is 0 Å². The summed E-state index contributed by atoms with van der Waals surface area (Å²) in [4.78, 5) is 83.4. The third-order valence-corrected chi connectivity index (χ3v) is 26.4. The zero-order chi connectivity index (χ0) is 45.0. The molecular weight excluding hydrogens is 878 g/mol. The van der Waals surface area contributed by atoms with E-state index in [0.717, 1.165) is 50.1 Å². The second-order valence-corrected chi connectivity index (χ2v) is 31.8. The number of benzene rings is 6. The Balaban J connectivity index is 0.000000241. The predicted octanol–water partition coefficient (Wildman–Crippen LogP) is 11.4.